The molecule has 0 aliphatic heterocycles. The van der Waals surface area contributed by atoms with Gasteiger partial charge in [-0.2, -0.15) is 0 Å². The fourth-order valence-electron chi connectivity index (χ4n) is 2.43. The van der Waals surface area contributed by atoms with Gasteiger partial charge in [0.15, 0.2) is 0 Å². The summed E-state index contributed by atoms with van der Waals surface area (Å²) in [5.74, 6) is -1.12. The second-order valence-electron chi connectivity index (χ2n) is 5.13. The Kier molecular flexibility index (Phi) is 3.43. The molecule has 3 rings (SSSR count). The van der Waals surface area contributed by atoms with E-state index in [1.165, 1.54) is 6.92 Å². The minimum absolute atomic E-state index is 0.0478. The number of rotatable bonds is 2. The quantitative estimate of drug-likeness (QED) is 0.734. The second-order valence-corrected chi connectivity index (χ2v) is 5.13. The maximum Gasteiger partial charge on any atom is 0.129 e. The SMILES string of the molecule is Cc1cc(F)c(C(O)c2ccc3ccccc3c2)cc1F. The number of aliphatic hydroxyl groups excluding tert-OH is 1. The number of hydrogen-bond donors (Lipinski definition) is 1. The normalized spacial score (nSPS) is 12.6. The van der Waals surface area contributed by atoms with E-state index < -0.39 is 17.7 Å². The topological polar surface area (TPSA) is 20.2 Å². The smallest absolute Gasteiger partial charge is 0.129 e. The van der Waals surface area contributed by atoms with Crippen molar-refractivity contribution in [3.8, 4) is 0 Å². The Morgan fingerprint density at radius 2 is 1.57 bits per heavy atom. The lowest BCUT2D eigenvalue weighted by molar-refractivity contribution is 0.214. The van der Waals surface area contributed by atoms with Crippen LogP contribution in [0.5, 0.6) is 0 Å². The molecular weight excluding hydrogens is 270 g/mol. The summed E-state index contributed by atoms with van der Waals surface area (Å²) in [6, 6.07) is 15.2. The molecule has 3 aromatic rings. The van der Waals surface area contributed by atoms with Crippen LogP contribution >= 0.6 is 0 Å². The number of fused-ring (bicyclic) bond motifs is 1. The van der Waals surface area contributed by atoms with Gasteiger partial charge in [-0.25, -0.2) is 8.78 Å². The van der Waals surface area contributed by atoms with Gasteiger partial charge in [-0.3, -0.25) is 0 Å². The van der Waals surface area contributed by atoms with Crippen molar-refractivity contribution in [2.45, 2.75) is 13.0 Å². The third kappa shape index (κ3) is 2.52. The Morgan fingerprint density at radius 3 is 2.33 bits per heavy atom. The van der Waals surface area contributed by atoms with Crippen LogP contribution in [0.1, 0.15) is 22.8 Å². The molecule has 0 spiro atoms. The molecule has 0 bridgehead atoms. The van der Waals surface area contributed by atoms with Crippen LogP contribution in [-0.2, 0) is 0 Å². The van der Waals surface area contributed by atoms with Crippen LogP contribution in [0.4, 0.5) is 8.78 Å². The minimum atomic E-state index is -1.19. The summed E-state index contributed by atoms with van der Waals surface area (Å²) < 4.78 is 27.6. The average Bonchev–Trinajstić information content (AvgIpc) is 2.50. The van der Waals surface area contributed by atoms with Gasteiger partial charge in [0.1, 0.15) is 17.7 Å². The molecule has 21 heavy (non-hydrogen) atoms. The van der Waals surface area contributed by atoms with Gasteiger partial charge in [0.25, 0.3) is 0 Å². The van der Waals surface area contributed by atoms with Crippen molar-refractivity contribution in [2.24, 2.45) is 0 Å². The molecule has 3 heteroatoms. The summed E-state index contributed by atoms with van der Waals surface area (Å²) >= 11 is 0. The summed E-state index contributed by atoms with van der Waals surface area (Å²) in [6.45, 7) is 1.49. The molecule has 3 aromatic carbocycles. The number of benzene rings is 3. The first-order chi connectivity index (χ1) is 10.1. The first kappa shape index (κ1) is 13.7. The molecule has 0 radical (unpaired) electrons. The summed E-state index contributed by atoms with van der Waals surface area (Å²) in [7, 11) is 0. The Labute approximate surface area is 121 Å². The molecule has 106 valence electrons. The predicted molar refractivity (Wildman–Crippen MR) is 79.1 cm³/mol. The summed E-state index contributed by atoms with van der Waals surface area (Å²) in [5.41, 5.74) is 0.714. The zero-order valence-electron chi connectivity index (χ0n) is 11.5. The van der Waals surface area contributed by atoms with E-state index in [1.54, 1.807) is 12.1 Å². The lowest BCUT2D eigenvalue weighted by Crippen LogP contribution is -2.04. The largest absolute Gasteiger partial charge is 0.384 e. The fraction of sp³-hybridized carbons (Fsp3) is 0.111. The molecule has 1 atom stereocenters. The van der Waals surface area contributed by atoms with E-state index in [1.807, 2.05) is 30.3 Å². The number of aliphatic hydroxyl groups is 1. The van der Waals surface area contributed by atoms with Gasteiger partial charge in [-0.1, -0.05) is 36.4 Å². The van der Waals surface area contributed by atoms with E-state index in [2.05, 4.69) is 0 Å². The Balaban J connectivity index is 2.07. The number of halogens is 2. The van der Waals surface area contributed by atoms with Crippen molar-refractivity contribution < 1.29 is 13.9 Å². The van der Waals surface area contributed by atoms with Crippen LogP contribution in [0, 0.1) is 18.6 Å². The van der Waals surface area contributed by atoms with Crippen molar-refractivity contribution >= 4 is 10.8 Å². The molecule has 1 unspecified atom stereocenters. The van der Waals surface area contributed by atoms with Crippen molar-refractivity contribution in [1.29, 1.82) is 0 Å². The molecular formula is C18H14F2O. The lowest BCUT2D eigenvalue weighted by atomic mass is 9.97. The Hall–Kier alpha value is -2.26. The van der Waals surface area contributed by atoms with E-state index in [0.29, 0.717) is 5.56 Å². The molecule has 0 aliphatic carbocycles. The van der Waals surface area contributed by atoms with Gasteiger partial charge >= 0.3 is 0 Å². The lowest BCUT2D eigenvalue weighted by Gasteiger charge is -2.14. The zero-order chi connectivity index (χ0) is 15.0. The summed E-state index contributed by atoms with van der Waals surface area (Å²) in [6.07, 6.45) is -1.19. The third-order valence-electron chi connectivity index (χ3n) is 3.66. The Bertz CT molecular complexity index is 811. The van der Waals surface area contributed by atoms with Crippen LogP contribution in [0.2, 0.25) is 0 Å². The fourth-order valence-corrected chi connectivity index (χ4v) is 2.43. The van der Waals surface area contributed by atoms with Crippen LogP contribution in [-0.4, -0.2) is 5.11 Å². The molecule has 0 heterocycles. The monoisotopic (exact) mass is 284 g/mol. The highest BCUT2D eigenvalue weighted by atomic mass is 19.1. The van der Waals surface area contributed by atoms with Crippen molar-refractivity contribution in [3.05, 3.63) is 82.9 Å². The highest BCUT2D eigenvalue weighted by molar-refractivity contribution is 5.83. The highest BCUT2D eigenvalue weighted by Gasteiger charge is 2.17. The average molecular weight is 284 g/mol. The summed E-state index contributed by atoms with van der Waals surface area (Å²) in [4.78, 5) is 0. The first-order valence-electron chi connectivity index (χ1n) is 6.68. The molecule has 0 fully saturated rings. The van der Waals surface area contributed by atoms with E-state index in [9.17, 15) is 13.9 Å². The molecule has 0 aromatic heterocycles. The first-order valence-corrected chi connectivity index (χ1v) is 6.68. The molecule has 1 N–H and O–H groups in total. The molecule has 0 saturated carbocycles. The van der Waals surface area contributed by atoms with E-state index >= 15 is 0 Å². The number of aryl methyl sites for hydroxylation is 1. The predicted octanol–water partition coefficient (Wildman–Crippen LogP) is 4.51. The standard InChI is InChI=1S/C18H14F2O/c1-11-8-17(20)15(10-16(11)19)18(21)14-7-6-12-4-2-3-5-13(12)9-14/h2-10,18,21H,1H3. The second kappa shape index (κ2) is 5.26. The maximum atomic E-state index is 14.0. The molecule has 0 amide bonds. The van der Waals surface area contributed by atoms with Crippen molar-refractivity contribution in [1.82, 2.24) is 0 Å². The van der Waals surface area contributed by atoms with E-state index in [0.717, 1.165) is 22.9 Å². The van der Waals surface area contributed by atoms with Gasteiger partial charge in [0.2, 0.25) is 0 Å². The zero-order valence-corrected chi connectivity index (χ0v) is 11.5. The molecule has 0 aliphatic rings. The third-order valence-corrected chi connectivity index (χ3v) is 3.66. The van der Waals surface area contributed by atoms with E-state index in [-0.39, 0.29) is 11.1 Å². The van der Waals surface area contributed by atoms with Crippen LogP contribution < -0.4 is 0 Å². The minimum Gasteiger partial charge on any atom is -0.384 e. The van der Waals surface area contributed by atoms with Gasteiger partial charge in [-0.15, -0.1) is 0 Å². The van der Waals surface area contributed by atoms with Crippen LogP contribution in [0.3, 0.4) is 0 Å². The van der Waals surface area contributed by atoms with Gasteiger partial charge in [0.05, 0.1) is 0 Å². The van der Waals surface area contributed by atoms with Crippen LogP contribution in [0.25, 0.3) is 10.8 Å². The van der Waals surface area contributed by atoms with Gasteiger partial charge in [-0.05, 0) is 47.0 Å². The molecule has 1 nitrogen and oxygen atoms in total. The van der Waals surface area contributed by atoms with Gasteiger partial charge < -0.3 is 5.11 Å². The Morgan fingerprint density at radius 1 is 0.857 bits per heavy atom. The maximum absolute atomic E-state index is 14.0. The van der Waals surface area contributed by atoms with Crippen LogP contribution in [0.15, 0.2) is 54.6 Å². The summed E-state index contributed by atoms with van der Waals surface area (Å²) in [5, 5.41) is 12.3. The highest BCUT2D eigenvalue weighted by Crippen LogP contribution is 2.28. The van der Waals surface area contributed by atoms with E-state index in [4.69, 9.17) is 0 Å². The van der Waals surface area contributed by atoms with Gasteiger partial charge in [0, 0.05) is 5.56 Å². The van der Waals surface area contributed by atoms with Crippen molar-refractivity contribution in [2.75, 3.05) is 0 Å². The van der Waals surface area contributed by atoms with Crippen molar-refractivity contribution in [3.63, 3.8) is 0 Å². The molecule has 0 saturated heterocycles. The number of hydrogen-bond acceptors (Lipinski definition) is 1.